The third-order valence-electron chi connectivity index (χ3n) is 5.14. The van der Waals surface area contributed by atoms with Crippen LogP contribution in [0, 0.1) is 0 Å². The number of piperidine rings is 1. The summed E-state index contributed by atoms with van der Waals surface area (Å²) in [5.41, 5.74) is -0.549. The van der Waals surface area contributed by atoms with Gasteiger partial charge < -0.3 is 14.7 Å². The Hall–Kier alpha value is -2.68. The second-order valence-corrected chi connectivity index (χ2v) is 6.66. The van der Waals surface area contributed by atoms with Crippen LogP contribution in [0.25, 0.3) is 0 Å². The molecule has 1 aromatic heterocycles. The Bertz CT molecular complexity index is 893. The van der Waals surface area contributed by atoms with Crippen molar-refractivity contribution in [1.82, 2.24) is 9.97 Å². The van der Waals surface area contributed by atoms with Gasteiger partial charge in [-0.1, -0.05) is 24.3 Å². The summed E-state index contributed by atoms with van der Waals surface area (Å²) in [5.74, 6) is -1.82. The van der Waals surface area contributed by atoms with Crippen molar-refractivity contribution in [3.05, 3.63) is 52.8 Å². The lowest BCUT2D eigenvalue weighted by atomic mass is 9.84. The van der Waals surface area contributed by atoms with Gasteiger partial charge in [-0.2, -0.15) is 13.2 Å². The number of rotatable bonds is 2. The number of carboxylic acids is 1. The zero-order valence-corrected chi connectivity index (χ0v) is 14.2. The van der Waals surface area contributed by atoms with Gasteiger partial charge in [-0.15, -0.1) is 0 Å². The summed E-state index contributed by atoms with van der Waals surface area (Å²) in [6.45, 7) is 1.36. The lowest BCUT2D eigenvalue weighted by Crippen LogP contribution is -2.43. The highest BCUT2D eigenvalue weighted by Crippen LogP contribution is 2.44. The average molecular weight is 379 g/mol. The molecular formula is C18H16F3N3O3. The van der Waals surface area contributed by atoms with Crippen LogP contribution in [0.15, 0.2) is 30.5 Å². The van der Waals surface area contributed by atoms with Crippen LogP contribution in [0.2, 0.25) is 0 Å². The van der Waals surface area contributed by atoms with E-state index in [2.05, 4.69) is 9.97 Å². The maximum absolute atomic E-state index is 13.2. The van der Waals surface area contributed by atoms with Crippen molar-refractivity contribution in [2.75, 3.05) is 18.0 Å². The second-order valence-electron chi connectivity index (χ2n) is 6.66. The lowest BCUT2D eigenvalue weighted by Gasteiger charge is -2.39. The SMILES string of the molecule is O=C(O)c1cnc(N2CCC3(CC2)OCc2ccccc23)nc1C(F)(F)F. The summed E-state index contributed by atoms with van der Waals surface area (Å²) in [6.07, 6.45) is -2.96. The first-order valence-corrected chi connectivity index (χ1v) is 8.45. The fourth-order valence-electron chi connectivity index (χ4n) is 3.76. The van der Waals surface area contributed by atoms with Gasteiger partial charge in [0.1, 0.15) is 5.56 Å². The molecule has 1 N–H and O–H groups in total. The molecule has 0 unspecified atom stereocenters. The summed E-state index contributed by atoms with van der Waals surface area (Å²) in [7, 11) is 0. The van der Waals surface area contributed by atoms with Crippen molar-refractivity contribution in [1.29, 1.82) is 0 Å². The van der Waals surface area contributed by atoms with Gasteiger partial charge in [-0.25, -0.2) is 14.8 Å². The molecule has 1 saturated heterocycles. The third kappa shape index (κ3) is 3.01. The summed E-state index contributed by atoms with van der Waals surface area (Å²) < 4.78 is 45.5. The van der Waals surface area contributed by atoms with Crippen LogP contribution in [0.1, 0.15) is 40.0 Å². The Morgan fingerprint density at radius 1 is 1.22 bits per heavy atom. The van der Waals surface area contributed by atoms with E-state index in [0.29, 0.717) is 32.5 Å². The quantitative estimate of drug-likeness (QED) is 0.864. The topological polar surface area (TPSA) is 75.5 Å². The monoisotopic (exact) mass is 379 g/mol. The number of aromatic carboxylic acids is 1. The molecule has 2 aliphatic rings. The molecule has 2 aromatic rings. The highest BCUT2D eigenvalue weighted by atomic mass is 19.4. The summed E-state index contributed by atoms with van der Waals surface area (Å²) in [6, 6.07) is 7.94. The molecule has 4 rings (SSSR count). The first-order chi connectivity index (χ1) is 12.8. The van der Waals surface area contributed by atoms with Crippen molar-refractivity contribution >= 4 is 11.9 Å². The number of hydrogen-bond donors (Lipinski definition) is 1. The van der Waals surface area contributed by atoms with Crippen LogP contribution in [-0.4, -0.2) is 34.1 Å². The van der Waals surface area contributed by atoms with E-state index in [4.69, 9.17) is 9.84 Å². The molecule has 0 atom stereocenters. The highest BCUT2D eigenvalue weighted by molar-refractivity contribution is 5.88. The van der Waals surface area contributed by atoms with E-state index in [1.165, 1.54) is 0 Å². The molecule has 0 saturated carbocycles. The average Bonchev–Trinajstić information content (AvgIpc) is 3.00. The number of nitrogens with zero attached hydrogens (tertiary/aromatic N) is 3. The Kier molecular flexibility index (Phi) is 4.06. The molecule has 0 amide bonds. The second kappa shape index (κ2) is 6.19. The van der Waals surface area contributed by atoms with E-state index in [-0.39, 0.29) is 5.95 Å². The van der Waals surface area contributed by atoms with Crippen molar-refractivity contribution < 1.29 is 27.8 Å². The third-order valence-corrected chi connectivity index (χ3v) is 5.14. The number of hydrogen-bond acceptors (Lipinski definition) is 5. The van der Waals surface area contributed by atoms with Gasteiger partial charge in [0, 0.05) is 19.3 Å². The van der Waals surface area contributed by atoms with E-state index in [9.17, 15) is 18.0 Å². The lowest BCUT2D eigenvalue weighted by molar-refractivity contribution is -0.141. The largest absolute Gasteiger partial charge is 0.478 e. The van der Waals surface area contributed by atoms with Crippen molar-refractivity contribution in [3.63, 3.8) is 0 Å². The van der Waals surface area contributed by atoms with Crippen LogP contribution >= 0.6 is 0 Å². The molecule has 0 aliphatic carbocycles. The number of carboxylic acid groups (broad SMARTS) is 1. The maximum Gasteiger partial charge on any atom is 0.434 e. The number of benzene rings is 1. The van der Waals surface area contributed by atoms with E-state index >= 15 is 0 Å². The summed E-state index contributed by atoms with van der Waals surface area (Å²) in [4.78, 5) is 20.0. The predicted octanol–water partition coefficient (Wildman–Crippen LogP) is 3.22. The Morgan fingerprint density at radius 2 is 1.93 bits per heavy atom. The molecule has 9 heteroatoms. The van der Waals surface area contributed by atoms with Crippen molar-refractivity contribution in [3.8, 4) is 0 Å². The number of carbonyl (C=O) groups is 1. The molecule has 0 radical (unpaired) electrons. The van der Waals surface area contributed by atoms with Gasteiger partial charge >= 0.3 is 12.1 Å². The van der Waals surface area contributed by atoms with Crippen molar-refractivity contribution in [2.24, 2.45) is 0 Å². The molecular weight excluding hydrogens is 363 g/mol. The zero-order chi connectivity index (χ0) is 19.2. The fourth-order valence-corrected chi connectivity index (χ4v) is 3.76. The normalized spacial score (nSPS) is 18.6. The fraction of sp³-hybridized carbons (Fsp3) is 0.389. The Labute approximate surface area is 152 Å². The Morgan fingerprint density at radius 3 is 2.59 bits per heavy atom. The zero-order valence-electron chi connectivity index (χ0n) is 14.2. The van der Waals surface area contributed by atoms with E-state index in [0.717, 1.165) is 17.3 Å². The first-order valence-electron chi connectivity index (χ1n) is 8.45. The van der Waals surface area contributed by atoms with Crippen LogP contribution in [0.3, 0.4) is 0 Å². The van der Waals surface area contributed by atoms with Crippen molar-refractivity contribution in [2.45, 2.75) is 31.2 Å². The molecule has 0 bridgehead atoms. The van der Waals surface area contributed by atoms with Crippen LogP contribution in [-0.2, 0) is 23.1 Å². The Balaban J connectivity index is 1.58. The highest BCUT2D eigenvalue weighted by Gasteiger charge is 2.43. The molecule has 3 heterocycles. The number of anilines is 1. The van der Waals surface area contributed by atoms with E-state index in [1.807, 2.05) is 24.3 Å². The molecule has 27 heavy (non-hydrogen) atoms. The summed E-state index contributed by atoms with van der Waals surface area (Å²) >= 11 is 0. The number of ether oxygens (including phenoxy) is 1. The van der Waals surface area contributed by atoms with Gasteiger partial charge in [-0.05, 0) is 24.0 Å². The van der Waals surface area contributed by atoms with Gasteiger partial charge in [0.05, 0.1) is 12.2 Å². The van der Waals surface area contributed by atoms with Gasteiger partial charge in [0.25, 0.3) is 0 Å². The molecule has 2 aliphatic heterocycles. The molecule has 1 fully saturated rings. The van der Waals surface area contributed by atoms with Gasteiger partial charge in [0.15, 0.2) is 5.69 Å². The van der Waals surface area contributed by atoms with Crippen LogP contribution < -0.4 is 4.90 Å². The molecule has 142 valence electrons. The van der Waals surface area contributed by atoms with E-state index in [1.54, 1.807) is 4.90 Å². The number of fused-ring (bicyclic) bond motifs is 2. The first kappa shape index (κ1) is 17.7. The minimum atomic E-state index is -4.87. The maximum atomic E-state index is 13.2. The smallest absolute Gasteiger partial charge is 0.434 e. The minimum absolute atomic E-state index is 0.117. The molecule has 6 nitrogen and oxygen atoms in total. The minimum Gasteiger partial charge on any atom is -0.478 e. The molecule has 1 spiro atoms. The summed E-state index contributed by atoms with van der Waals surface area (Å²) in [5, 5.41) is 8.95. The standard InChI is InChI=1S/C18H16F3N3O3/c19-18(20,21)14-12(15(25)26)9-22-16(23-14)24-7-5-17(6-8-24)13-4-2-1-3-11(13)10-27-17/h1-4,9H,5-8,10H2,(H,25,26). The predicted molar refractivity (Wildman–Crippen MR) is 88.3 cm³/mol. The number of aromatic nitrogens is 2. The van der Waals surface area contributed by atoms with Crippen LogP contribution in [0.5, 0.6) is 0 Å². The van der Waals surface area contributed by atoms with Crippen LogP contribution in [0.4, 0.5) is 19.1 Å². The van der Waals surface area contributed by atoms with E-state index < -0.39 is 29.0 Å². The van der Waals surface area contributed by atoms with Gasteiger partial charge in [-0.3, -0.25) is 0 Å². The molecule has 1 aromatic carbocycles. The number of halogens is 3. The van der Waals surface area contributed by atoms with Gasteiger partial charge in [0.2, 0.25) is 5.95 Å². The number of alkyl halides is 3.